The fourth-order valence-corrected chi connectivity index (χ4v) is 5.85. The molecule has 3 aliphatic heterocycles. The lowest BCUT2D eigenvalue weighted by Gasteiger charge is -2.26. The van der Waals surface area contributed by atoms with Crippen LogP contribution in [0.25, 0.3) is 22.3 Å². The zero-order valence-electron chi connectivity index (χ0n) is 24.2. The standard InChI is InChI=1S/C31H37N7O5/c39-27(36-13-17-40-18-14-36)21-43-25-10-7-22(8-11-25)30-34-31(35-38(30)29-6-2-4-16-42-29)33-24-9-12-26-23(19-24)20-32-37(26)28-5-1-3-15-41-28/h7-12,19-20,28-29H,1-6,13-18,21H2,(H,33,35). The minimum atomic E-state index is -0.190. The largest absolute Gasteiger partial charge is 0.484 e. The van der Waals surface area contributed by atoms with Gasteiger partial charge in [0.15, 0.2) is 24.9 Å². The van der Waals surface area contributed by atoms with Crippen LogP contribution in [0, 0.1) is 0 Å². The Hall–Kier alpha value is -4.00. The van der Waals surface area contributed by atoms with Crippen LogP contribution in [-0.2, 0) is 19.0 Å². The highest BCUT2D eigenvalue weighted by atomic mass is 16.5. The van der Waals surface area contributed by atoms with Crippen LogP contribution in [0.15, 0.2) is 48.7 Å². The number of hydrogen-bond donors (Lipinski definition) is 1. The monoisotopic (exact) mass is 587 g/mol. The second-order valence-electron chi connectivity index (χ2n) is 11.1. The molecule has 2 atom stereocenters. The number of benzene rings is 2. The van der Waals surface area contributed by atoms with Gasteiger partial charge in [0.1, 0.15) is 5.75 Å². The lowest BCUT2D eigenvalue weighted by atomic mass is 10.1. The Kier molecular flexibility index (Phi) is 8.21. The molecule has 12 heteroatoms. The van der Waals surface area contributed by atoms with Crippen LogP contribution in [0.1, 0.15) is 51.0 Å². The minimum absolute atomic E-state index is 0.00353. The highest BCUT2D eigenvalue weighted by Gasteiger charge is 2.24. The maximum Gasteiger partial charge on any atom is 0.260 e. The molecule has 2 unspecified atom stereocenters. The molecule has 0 aliphatic carbocycles. The van der Waals surface area contributed by atoms with E-state index in [2.05, 4.69) is 22.5 Å². The summed E-state index contributed by atoms with van der Waals surface area (Å²) in [6.07, 6.45) is 7.89. The van der Waals surface area contributed by atoms with Gasteiger partial charge in [-0.15, -0.1) is 5.10 Å². The second-order valence-corrected chi connectivity index (χ2v) is 11.1. The number of ether oxygens (including phenoxy) is 4. The van der Waals surface area contributed by atoms with Gasteiger partial charge < -0.3 is 29.2 Å². The number of amides is 1. The summed E-state index contributed by atoms with van der Waals surface area (Å²) in [5.74, 6) is 1.78. The van der Waals surface area contributed by atoms with Gasteiger partial charge in [-0.1, -0.05) is 0 Å². The van der Waals surface area contributed by atoms with Crippen LogP contribution < -0.4 is 10.1 Å². The molecule has 4 aromatic rings. The SMILES string of the molecule is O=C(COc1ccc(-c2nc(Nc3ccc4c(cnn4C4CCCCO4)c3)nn2C2CCCCO2)cc1)N1CCOCC1. The predicted molar refractivity (Wildman–Crippen MR) is 159 cm³/mol. The first-order valence-electron chi connectivity index (χ1n) is 15.2. The number of aromatic nitrogens is 5. The van der Waals surface area contributed by atoms with Gasteiger partial charge in [-0.2, -0.15) is 10.1 Å². The Morgan fingerprint density at radius 3 is 2.37 bits per heavy atom. The van der Waals surface area contributed by atoms with Gasteiger partial charge in [-0.05, 0) is 81.0 Å². The van der Waals surface area contributed by atoms with Crippen molar-refractivity contribution in [3.8, 4) is 17.1 Å². The van der Waals surface area contributed by atoms with Crippen molar-refractivity contribution in [1.82, 2.24) is 29.4 Å². The number of fused-ring (bicyclic) bond motifs is 1. The molecule has 1 N–H and O–H groups in total. The number of rotatable bonds is 8. The van der Waals surface area contributed by atoms with Gasteiger partial charge in [0.05, 0.1) is 24.9 Å². The normalized spacial score (nSPS) is 21.2. The van der Waals surface area contributed by atoms with Gasteiger partial charge in [0, 0.05) is 42.9 Å². The maximum atomic E-state index is 12.5. The highest BCUT2D eigenvalue weighted by Crippen LogP contribution is 2.32. The van der Waals surface area contributed by atoms with E-state index in [1.807, 2.05) is 45.9 Å². The summed E-state index contributed by atoms with van der Waals surface area (Å²) in [5, 5.41) is 13.9. The molecule has 12 nitrogen and oxygen atoms in total. The Morgan fingerprint density at radius 1 is 0.907 bits per heavy atom. The van der Waals surface area contributed by atoms with Gasteiger partial charge in [-0.25, -0.2) is 9.36 Å². The molecule has 43 heavy (non-hydrogen) atoms. The van der Waals surface area contributed by atoms with E-state index in [0.29, 0.717) is 50.4 Å². The first-order valence-corrected chi connectivity index (χ1v) is 15.2. The topological polar surface area (TPSA) is 118 Å². The van der Waals surface area contributed by atoms with Crippen LogP contribution in [0.3, 0.4) is 0 Å². The number of hydrogen-bond acceptors (Lipinski definition) is 9. The number of anilines is 2. The molecule has 7 rings (SSSR count). The van der Waals surface area contributed by atoms with Crippen molar-refractivity contribution in [3.63, 3.8) is 0 Å². The van der Waals surface area contributed by atoms with Gasteiger partial charge in [-0.3, -0.25) is 4.79 Å². The van der Waals surface area contributed by atoms with Gasteiger partial charge >= 0.3 is 0 Å². The fraction of sp³-hybridized carbons (Fsp3) is 0.484. The predicted octanol–water partition coefficient (Wildman–Crippen LogP) is 4.67. The molecule has 5 heterocycles. The molecule has 0 bridgehead atoms. The Morgan fingerprint density at radius 2 is 1.65 bits per heavy atom. The quantitative estimate of drug-likeness (QED) is 0.314. The lowest BCUT2D eigenvalue weighted by molar-refractivity contribution is -0.137. The Labute approximate surface area is 249 Å². The third kappa shape index (κ3) is 6.22. The zero-order valence-corrected chi connectivity index (χ0v) is 24.2. The van der Waals surface area contributed by atoms with E-state index in [9.17, 15) is 4.79 Å². The zero-order chi connectivity index (χ0) is 29.0. The summed E-state index contributed by atoms with van der Waals surface area (Å²) in [4.78, 5) is 19.1. The molecule has 0 saturated carbocycles. The summed E-state index contributed by atoms with van der Waals surface area (Å²) in [6.45, 7) is 3.80. The smallest absolute Gasteiger partial charge is 0.260 e. The van der Waals surface area contributed by atoms with E-state index in [4.69, 9.17) is 29.0 Å². The number of carbonyl (C=O) groups is 1. The molecular weight excluding hydrogens is 550 g/mol. The van der Waals surface area contributed by atoms with Crippen molar-refractivity contribution in [2.45, 2.75) is 51.0 Å². The van der Waals surface area contributed by atoms with Gasteiger partial charge in [0.2, 0.25) is 5.95 Å². The number of nitrogens with one attached hydrogen (secondary N) is 1. The Balaban J connectivity index is 1.09. The van der Waals surface area contributed by atoms with Crippen molar-refractivity contribution in [2.24, 2.45) is 0 Å². The van der Waals surface area contributed by atoms with E-state index < -0.39 is 0 Å². The lowest BCUT2D eigenvalue weighted by Crippen LogP contribution is -2.42. The molecule has 1 amide bonds. The molecular formula is C31H37N7O5. The molecule has 2 aromatic carbocycles. The van der Waals surface area contributed by atoms with E-state index in [1.165, 1.54) is 0 Å². The van der Waals surface area contributed by atoms with Crippen LogP contribution >= 0.6 is 0 Å². The fourth-order valence-electron chi connectivity index (χ4n) is 5.85. The molecule has 2 aromatic heterocycles. The molecule has 3 aliphatic rings. The second kappa shape index (κ2) is 12.7. The average Bonchev–Trinajstić information content (AvgIpc) is 3.69. The van der Waals surface area contributed by atoms with Crippen molar-refractivity contribution in [3.05, 3.63) is 48.7 Å². The highest BCUT2D eigenvalue weighted by molar-refractivity contribution is 5.83. The number of morpholine rings is 1. The summed E-state index contributed by atoms with van der Waals surface area (Å²) in [7, 11) is 0. The van der Waals surface area contributed by atoms with Crippen LogP contribution in [0.5, 0.6) is 5.75 Å². The van der Waals surface area contributed by atoms with Crippen LogP contribution in [-0.4, -0.2) is 81.5 Å². The third-order valence-electron chi connectivity index (χ3n) is 8.18. The summed E-state index contributed by atoms with van der Waals surface area (Å²) in [5.41, 5.74) is 2.80. The summed E-state index contributed by atoms with van der Waals surface area (Å²) in [6, 6.07) is 13.7. The number of carbonyl (C=O) groups excluding carboxylic acids is 1. The summed E-state index contributed by atoms with van der Waals surface area (Å²) >= 11 is 0. The van der Waals surface area contributed by atoms with E-state index in [0.717, 1.165) is 67.3 Å². The number of nitrogens with zero attached hydrogens (tertiary/aromatic N) is 6. The molecule has 226 valence electrons. The van der Waals surface area contributed by atoms with Crippen molar-refractivity contribution in [2.75, 3.05) is 51.4 Å². The van der Waals surface area contributed by atoms with Crippen molar-refractivity contribution < 1.29 is 23.7 Å². The minimum Gasteiger partial charge on any atom is -0.484 e. The molecule has 3 saturated heterocycles. The Bertz CT molecular complexity index is 1530. The van der Waals surface area contributed by atoms with Crippen LogP contribution in [0.2, 0.25) is 0 Å². The average molecular weight is 588 g/mol. The third-order valence-corrected chi connectivity index (χ3v) is 8.18. The summed E-state index contributed by atoms with van der Waals surface area (Å²) < 4.78 is 27.0. The van der Waals surface area contributed by atoms with Gasteiger partial charge in [0.25, 0.3) is 5.91 Å². The molecule has 0 spiro atoms. The maximum absolute atomic E-state index is 12.5. The first-order chi connectivity index (χ1) is 21.2. The van der Waals surface area contributed by atoms with Crippen molar-refractivity contribution in [1.29, 1.82) is 0 Å². The van der Waals surface area contributed by atoms with E-state index in [1.54, 1.807) is 4.90 Å². The van der Waals surface area contributed by atoms with E-state index >= 15 is 0 Å². The van der Waals surface area contributed by atoms with E-state index in [-0.39, 0.29) is 25.0 Å². The molecule has 3 fully saturated rings. The molecule has 0 radical (unpaired) electrons. The van der Waals surface area contributed by atoms with Crippen LogP contribution in [0.4, 0.5) is 11.6 Å². The van der Waals surface area contributed by atoms with Crippen molar-refractivity contribution >= 4 is 28.4 Å². The first kappa shape index (κ1) is 27.8.